The van der Waals surface area contributed by atoms with Crippen molar-refractivity contribution in [1.29, 1.82) is 0 Å². The van der Waals surface area contributed by atoms with Gasteiger partial charge >= 0.3 is 6.03 Å². The molecule has 1 atom stereocenters. The van der Waals surface area contributed by atoms with E-state index >= 15 is 0 Å². The van der Waals surface area contributed by atoms with Crippen molar-refractivity contribution in [2.45, 2.75) is 44.2 Å². The van der Waals surface area contributed by atoms with E-state index in [4.69, 9.17) is 4.74 Å². The average molecular weight is 377 g/mol. The predicted octanol–water partition coefficient (Wildman–Crippen LogP) is -0.219. The molecule has 1 aliphatic heterocycles. The second-order valence-electron chi connectivity index (χ2n) is 8.13. The van der Waals surface area contributed by atoms with Crippen LogP contribution in [-0.4, -0.2) is 59.0 Å². The van der Waals surface area contributed by atoms with Crippen molar-refractivity contribution in [3.8, 4) is 5.75 Å². The maximum absolute atomic E-state index is 12.4. The molecule has 6 heteroatoms. The molecule has 1 saturated heterocycles. The Labute approximate surface area is 163 Å². The number of urea groups is 1. The molecule has 1 aromatic rings. The number of quaternary nitrogens is 2. The van der Waals surface area contributed by atoms with Gasteiger partial charge in [0.1, 0.15) is 38.0 Å². The van der Waals surface area contributed by atoms with Crippen molar-refractivity contribution >= 4 is 6.03 Å². The molecule has 0 bridgehead atoms. The van der Waals surface area contributed by atoms with E-state index in [9.17, 15) is 4.79 Å². The van der Waals surface area contributed by atoms with Crippen LogP contribution in [-0.2, 0) is 0 Å². The number of amides is 2. The van der Waals surface area contributed by atoms with Gasteiger partial charge in [-0.15, -0.1) is 0 Å². The standard InChI is InChI=1S/C21H34N4O2/c1-24-12-14-25(15-13-24)20(17-8-10-19(27-2)11-9-17)16-22-21(26)23-18-6-4-3-5-7-18/h8-11,18,20H,3-7,12-16H2,1-2H3,(H2,22,23,26)/p+2/t20-/m0/s1. The summed E-state index contributed by atoms with van der Waals surface area (Å²) in [5, 5.41) is 6.33. The fraction of sp³-hybridized carbons (Fsp3) is 0.667. The van der Waals surface area contributed by atoms with Crippen LogP contribution in [0.4, 0.5) is 4.79 Å². The molecular formula is C21H36N4O2+2. The monoisotopic (exact) mass is 376 g/mol. The van der Waals surface area contributed by atoms with Gasteiger partial charge in [-0.1, -0.05) is 19.3 Å². The molecule has 6 nitrogen and oxygen atoms in total. The van der Waals surface area contributed by atoms with Gasteiger partial charge in [-0.3, -0.25) is 0 Å². The van der Waals surface area contributed by atoms with Crippen LogP contribution in [0.1, 0.15) is 43.7 Å². The number of piperazine rings is 1. The molecule has 0 radical (unpaired) electrons. The first-order valence-electron chi connectivity index (χ1n) is 10.5. The maximum atomic E-state index is 12.4. The number of hydrogen-bond acceptors (Lipinski definition) is 2. The predicted molar refractivity (Wildman–Crippen MR) is 106 cm³/mol. The van der Waals surface area contributed by atoms with Crippen LogP contribution in [0, 0.1) is 0 Å². The third kappa shape index (κ3) is 5.84. The highest BCUT2D eigenvalue weighted by Crippen LogP contribution is 2.18. The average Bonchev–Trinajstić information content (AvgIpc) is 2.70. The van der Waals surface area contributed by atoms with Gasteiger partial charge in [-0.2, -0.15) is 0 Å². The number of ether oxygens (including phenoxy) is 1. The molecule has 2 amide bonds. The summed E-state index contributed by atoms with van der Waals surface area (Å²) in [5.74, 6) is 0.873. The Bertz CT molecular complexity index is 578. The molecule has 2 fully saturated rings. The van der Waals surface area contributed by atoms with E-state index in [2.05, 4.69) is 29.8 Å². The summed E-state index contributed by atoms with van der Waals surface area (Å²) >= 11 is 0. The summed E-state index contributed by atoms with van der Waals surface area (Å²) in [5.41, 5.74) is 1.27. The second kappa shape index (κ2) is 9.95. The number of benzene rings is 1. The molecule has 1 aromatic carbocycles. The number of rotatable bonds is 6. The van der Waals surface area contributed by atoms with Gasteiger partial charge in [-0.05, 0) is 37.1 Å². The minimum atomic E-state index is -0.0143. The second-order valence-corrected chi connectivity index (χ2v) is 8.13. The molecule has 27 heavy (non-hydrogen) atoms. The van der Waals surface area contributed by atoms with Crippen LogP contribution >= 0.6 is 0 Å². The molecule has 0 unspecified atom stereocenters. The molecule has 150 valence electrons. The molecule has 4 N–H and O–H groups in total. The Morgan fingerprint density at radius 2 is 1.78 bits per heavy atom. The van der Waals surface area contributed by atoms with Crippen molar-refractivity contribution in [2.24, 2.45) is 0 Å². The number of hydrogen-bond donors (Lipinski definition) is 4. The number of methoxy groups -OCH3 is 1. The number of carbonyl (C=O) groups is 1. The zero-order valence-corrected chi connectivity index (χ0v) is 16.9. The van der Waals surface area contributed by atoms with Crippen molar-refractivity contribution < 1.29 is 19.3 Å². The van der Waals surface area contributed by atoms with E-state index in [1.165, 1.54) is 37.9 Å². The van der Waals surface area contributed by atoms with Crippen LogP contribution < -0.4 is 25.2 Å². The molecule has 0 spiro atoms. The highest BCUT2D eigenvalue weighted by Gasteiger charge is 2.30. The van der Waals surface area contributed by atoms with E-state index in [0.717, 1.165) is 31.7 Å². The highest BCUT2D eigenvalue weighted by atomic mass is 16.5. The molecular weight excluding hydrogens is 340 g/mol. The Hall–Kier alpha value is -1.79. The quantitative estimate of drug-likeness (QED) is 0.555. The fourth-order valence-electron chi connectivity index (χ4n) is 4.36. The van der Waals surface area contributed by atoms with E-state index in [1.54, 1.807) is 16.9 Å². The highest BCUT2D eigenvalue weighted by molar-refractivity contribution is 5.74. The third-order valence-corrected chi connectivity index (χ3v) is 6.16. The molecule has 1 saturated carbocycles. The molecule has 1 aliphatic carbocycles. The molecule has 3 rings (SSSR count). The SMILES string of the molecule is COc1ccc([C@H](CNC(=O)NC2CCCCC2)[NH+]2CC[NH+](C)CC2)cc1. The summed E-state index contributed by atoms with van der Waals surface area (Å²) in [6.07, 6.45) is 5.98. The van der Waals surface area contributed by atoms with E-state index in [-0.39, 0.29) is 12.1 Å². The summed E-state index contributed by atoms with van der Waals surface area (Å²) in [6, 6.07) is 8.93. The van der Waals surface area contributed by atoms with Crippen LogP contribution in [0.25, 0.3) is 0 Å². The lowest BCUT2D eigenvalue weighted by molar-refractivity contribution is -1.02. The summed E-state index contributed by atoms with van der Waals surface area (Å²) < 4.78 is 5.30. The Morgan fingerprint density at radius 1 is 1.11 bits per heavy atom. The molecule has 1 heterocycles. The van der Waals surface area contributed by atoms with Gasteiger partial charge in [0.05, 0.1) is 20.7 Å². The summed E-state index contributed by atoms with van der Waals surface area (Å²) in [6.45, 7) is 5.29. The Kier molecular flexibility index (Phi) is 7.35. The largest absolute Gasteiger partial charge is 0.497 e. The third-order valence-electron chi connectivity index (χ3n) is 6.16. The lowest BCUT2D eigenvalue weighted by atomic mass is 9.96. The minimum absolute atomic E-state index is 0.0143. The maximum Gasteiger partial charge on any atom is 0.315 e. The van der Waals surface area contributed by atoms with Crippen molar-refractivity contribution in [3.63, 3.8) is 0 Å². The fourth-order valence-corrected chi connectivity index (χ4v) is 4.36. The van der Waals surface area contributed by atoms with Crippen LogP contribution in [0.3, 0.4) is 0 Å². The lowest BCUT2D eigenvalue weighted by Gasteiger charge is -2.34. The van der Waals surface area contributed by atoms with Crippen molar-refractivity contribution in [1.82, 2.24) is 10.6 Å². The number of nitrogens with one attached hydrogen (secondary N) is 4. The van der Waals surface area contributed by atoms with E-state index in [1.807, 2.05) is 12.1 Å². The number of likely N-dealkylation sites (N-methyl/N-ethyl adjacent to an activating group) is 1. The van der Waals surface area contributed by atoms with Crippen molar-refractivity contribution in [3.05, 3.63) is 29.8 Å². The van der Waals surface area contributed by atoms with Gasteiger partial charge in [0.15, 0.2) is 0 Å². The molecule has 2 aliphatic rings. The van der Waals surface area contributed by atoms with Crippen molar-refractivity contribution in [2.75, 3.05) is 46.9 Å². The van der Waals surface area contributed by atoms with Gasteiger partial charge in [0, 0.05) is 11.6 Å². The first-order chi connectivity index (χ1) is 13.2. The van der Waals surface area contributed by atoms with Gasteiger partial charge < -0.3 is 25.2 Å². The van der Waals surface area contributed by atoms with Crippen LogP contribution in [0.5, 0.6) is 5.75 Å². The normalized spacial score (nSPS) is 24.8. The topological polar surface area (TPSA) is 59.2 Å². The van der Waals surface area contributed by atoms with Crippen LogP contribution in [0.2, 0.25) is 0 Å². The van der Waals surface area contributed by atoms with Gasteiger partial charge in [0.25, 0.3) is 0 Å². The first-order valence-corrected chi connectivity index (χ1v) is 10.5. The Morgan fingerprint density at radius 3 is 2.41 bits per heavy atom. The lowest BCUT2D eigenvalue weighted by Crippen LogP contribution is -3.27. The number of carbonyl (C=O) groups excluding carboxylic acids is 1. The Balaban J connectivity index is 1.60. The van der Waals surface area contributed by atoms with Gasteiger partial charge in [0.2, 0.25) is 0 Å². The molecule has 0 aromatic heterocycles. The van der Waals surface area contributed by atoms with Gasteiger partial charge in [-0.25, -0.2) is 4.79 Å². The zero-order chi connectivity index (χ0) is 19.1. The van der Waals surface area contributed by atoms with E-state index in [0.29, 0.717) is 12.6 Å². The minimum Gasteiger partial charge on any atom is -0.497 e. The summed E-state index contributed by atoms with van der Waals surface area (Å²) in [4.78, 5) is 15.6. The van der Waals surface area contributed by atoms with Crippen LogP contribution in [0.15, 0.2) is 24.3 Å². The van der Waals surface area contributed by atoms with E-state index < -0.39 is 0 Å². The summed E-state index contributed by atoms with van der Waals surface area (Å²) in [7, 11) is 3.95. The zero-order valence-electron chi connectivity index (χ0n) is 16.9. The first kappa shape index (κ1) is 20.0. The smallest absolute Gasteiger partial charge is 0.315 e.